The molecule has 102 valence electrons. The second kappa shape index (κ2) is 5.74. The Morgan fingerprint density at radius 1 is 1.35 bits per heavy atom. The van der Waals surface area contributed by atoms with E-state index in [0.717, 1.165) is 5.69 Å². The lowest BCUT2D eigenvalue weighted by Crippen LogP contribution is -2.06. The smallest absolute Gasteiger partial charge is 0.182 e. The third-order valence-corrected chi connectivity index (χ3v) is 3.61. The van der Waals surface area contributed by atoms with Gasteiger partial charge in [0.1, 0.15) is 12.7 Å². The Hall–Kier alpha value is -2.35. The van der Waals surface area contributed by atoms with Gasteiger partial charge in [-0.25, -0.2) is 4.98 Å². The van der Waals surface area contributed by atoms with Gasteiger partial charge in [-0.2, -0.15) is 10.4 Å². The number of aromatic nitrogens is 3. The van der Waals surface area contributed by atoms with Crippen LogP contribution in [0.15, 0.2) is 30.6 Å². The van der Waals surface area contributed by atoms with E-state index >= 15 is 0 Å². The Kier molecular flexibility index (Phi) is 3.64. The van der Waals surface area contributed by atoms with E-state index in [4.69, 9.17) is 10.00 Å². The average molecular weight is 268 g/mol. The molecule has 0 unspecified atom stereocenters. The lowest BCUT2D eigenvalue weighted by atomic mass is 10.3. The average Bonchev–Trinajstić information content (AvgIpc) is 3.16. The number of nitriles is 1. The fourth-order valence-corrected chi connectivity index (χ4v) is 2.57. The summed E-state index contributed by atoms with van der Waals surface area (Å²) in [6, 6.07) is 8.04. The first-order chi connectivity index (χ1) is 9.86. The highest BCUT2D eigenvalue weighted by molar-refractivity contribution is 5.36. The van der Waals surface area contributed by atoms with Crippen LogP contribution in [0.3, 0.4) is 0 Å². The van der Waals surface area contributed by atoms with Crippen LogP contribution < -0.4 is 4.74 Å². The largest absolute Gasteiger partial charge is 0.484 e. The SMILES string of the molecule is N#Cc1ncccc1OCc1ccn(C2CCCC2)n1. The third-order valence-electron chi connectivity index (χ3n) is 3.61. The highest BCUT2D eigenvalue weighted by Gasteiger charge is 2.17. The molecule has 0 amide bonds. The predicted octanol–water partition coefficient (Wildman–Crippen LogP) is 2.84. The number of hydrogen-bond donors (Lipinski definition) is 0. The number of nitrogens with zero attached hydrogens (tertiary/aromatic N) is 4. The van der Waals surface area contributed by atoms with Gasteiger partial charge in [0, 0.05) is 12.4 Å². The van der Waals surface area contributed by atoms with Gasteiger partial charge in [-0.1, -0.05) is 12.8 Å². The van der Waals surface area contributed by atoms with Crippen LogP contribution in [0.1, 0.15) is 43.1 Å². The molecule has 0 atom stereocenters. The normalized spacial score (nSPS) is 15.2. The summed E-state index contributed by atoms with van der Waals surface area (Å²) in [5.41, 5.74) is 1.19. The molecule has 2 aromatic rings. The highest BCUT2D eigenvalue weighted by atomic mass is 16.5. The van der Waals surface area contributed by atoms with Crippen molar-refractivity contribution >= 4 is 0 Å². The van der Waals surface area contributed by atoms with Crippen molar-refractivity contribution in [2.24, 2.45) is 0 Å². The maximum Gasteiger partial charge on any atom is 0.182 e. The van der Waals surface area contributed by atoms with Gasteiger partial charge in [0.15, 0.2) is 11.4 Å². The summed E-state index contributed by atoms with van der Waals surface area (Å²) in [5.74, 6) is 0.505. The van der Waals surface area contributed by atoms with Gasteiger partial charge < -0.3 is 4.74 Å². The van der Waals surface area contributed by atoms with Gasteiger partial charge in [0.2, 0.25) is 0 Å². The molecule has 0 radical (unpaired) electrons. The van der Waals surface area contributed by atoms with Crippen LogP contribution in [0, 0.1) is 11.3 Å². The standard InChI is InChI=1S/C15H16N4O/c16-10-14-15(6-3-8-17-14)20-11-12-7-9-19(18-12)13-4-1-2-5-13/h3,6-9,13H,1-2,4-5,11H2. The van der Waals surface area contributed by atoms with Crippen molar-refractivity contribution in [1.82, 2.24) is 14.8 Å². The topological polar surface area (TPSA) is 63.7 Å². The number of rotatable bonds is 4. The Morgan fingerprint density at radius 2 is 2.20 bits per heavy atom. The summed E-state index contributed by atoms with van der Waals surface area (Å²) in [5, 5.41) is 13.5. The minimum Gasteiger partial charge on any atom is -0.484 e. The summed E-state index contributed by atoms with van der Waals surface area (Å²) in [4.78, 5) is 3.97. The van der Waals surface area contributed by atoms with Gasteiger partial charge in [-0.3, -0.25) is 4.68 Å². The van der Waals surface area contributed by atoms with Gasteiger partial charge in [-0.05, 0) is 31.0 Å². The van der Waals surface area contributed by atoms with E-state index in [1.54, 1.807) is 18.3 Å². The van der Waals surface area contributed by atoms with E-state index in [1.807, 2.05) is 23.0 Å². The summed E-state index contributed by atoms with van der Waals surface area (Å²) in [6.45, 7) is 0.361. The zero-order valence-electron chi connectivity index (χ0n) is 11.2. The number of ether oxygens (including phenoxy) is 1. The summed E-state index contributed by atoms with van der Waals surface area (Å²) >= 11 is 0. The van der Waals surface area contributed by atoms with E-state index < -0.39 is 0 Å². The summed E-state index contributed by atoms with van der Waals surface area (Å²) in [7, 11) is 0. The first-order valence-corrected chi connectivity index (χ1v) is 6.89. The van der Waals surface area contributed by atoms with Gasteiger partial charge in [0.05, 0.1) is 11.7 Å². The molecule has 0 spiro atoms. The second-order valence-corrected chi connectivity index (χ2v) is 4.98. The van der Waals surface area contributed by atoms with Crippen molar-refractivity contribution in [3.05, 3.63) is 42.0 Å². The molecule has 5 heteroatoms. The van der Waals surface area contributed by atoms with Gasteiger partial charge >= 0.3 is 0 Å². The van der Waals surface area contributed by atoms with Gasteiger partial charge in [-0.15, -0.1) is 0 Å². The van der Waals surface area contributed by atoms with Crippen molar-refractivity contribution in [3.8, 4) is 11.8 Å². The monoisotopic (exact) mass is 268 g/mol. The van der Waals surface area contributed by atoms with E-state index in [1.165, 1.54) is 25.7 Å². The van der Waals surface area contributed by atoms with Crippen LogP contribution in [0.4, 0.5) is 0 Å². The molecule has 2 aromatic heterocycles. The number of pyridine rings is 1. The molecule has 2 heterocycles. The molecule has 0 bridgehead atoms. The first-order valence-electron chi connectivity index (χ1n) is 6.89. The quantitative estimate of drug-likeness (QED) is 0.855. The van der Waals surface area contributed by atoms with Crippen LogP contribution in [-0.4, -0.2) is 14.8 Å². The molecule has 3 rings (SSSR count). The Bertz CT molecular complexity index is 623. The Morgan fingerprint density at radius 3 is 3.00 bits per heavy atom. The van der Waals surface area contributed by atoms with E-state index in [0.29, 0.717) is 24.1 Å². The molecular formula is C15H16N4O. The lowest BCUT2D eigenvalue weighted by molar-refractivity contribution is 0.296. The third kappa shape index (κ3) is 2.64. The molecule has 1 aliphatic carbocycles. The molecule has 0 N–H and O–H groups in total. The second-order valence-electron chi connectivity index (χ2n) is 4.98. The molecule has 1 fully saturated rings. The molecule has 1 aliphatic rings. The lowest BCUT2D eigenvalue weighted by Gasteiger charge is -2.09. The van der Waals surface area contributed by atoms with Crippen molar-refractivity contribution in [1.29, 1.82) is 5.26 Å². The summed E-state index contributed by atoms with van der Waals surface area (Å²) in [6.07, 6.45) is 8.60. The van der Waals surface area contributed by atoms with Crippen molar-refractivity contribution in [2.45, 2.75) is 38.3 Å². The maximum atomic E-state index is 8.95. The van der Waals surface area contributed by atoms with Crippen LogP contribution in [0.5, 0.6) is 5.75 Å². The first kappa shape index (κ1) is 12.7. The molecule has 1 saturated carbocycles. The Labute approximate surface area is 117 Å². The molecule has 20 heavy (non-hydrogen) atoms. The Balaban J connectivity index is 1.65. The van der Waals surface area contributed by atoms with E-state index in [2.05, 4.69) is 10.1 Å². The van der Waals surface area contributed by atoms with Crippen molar-refractivity contribution < 1.29 is 4.74 Å². The molecular weight excluding hydrogens is 252 g/mol. The van der Waals surface area contributed by atoms with Crippen LogP contribution in [0.25, 0.3) is 0 Å². The fraction of sp³-hybridized carbons (Fsp3) is 0.400. The minimum atomic E-state index is 0.308. The zero-order chi connectivity index (χ0) is 13.8. The van der Waals surface area contributed by atoms with Crippen LogP contribution in [0.2, 0.25) is 0 Å². The van der Waals surface area contributed by atoms with Crippen molar-refractivity contribution in [2.75, 3.05) is 0 Å². The maximum absolute atomic E-state index is 8.95. The minimum absolute atomic E-state index is 0.308. The molecule has 0 aromatic carbocycles. The fourth-order valence-electron chi connectivity index (χ4n) is 2.57. The number of hydrogen-bond acceptors (Lipinski definition) is 4. The molecule has 0 saturated heterocycles. The van der Waals surface area contributed by atoms with Crippen molar-refractivity contribution in [3.63, 3.8) is 0 Å². The van der Waals surface area contributed by atoms with E-state index in [9.17, 15) is 0 Å². The molecule has 0 aliphatic heterocycles. The van der Waals surface area contributed by atoms with E-state index in [-0.39, 0.29) is 0 Å². The van der Waals surface area contributed by atoms with Crippen LogP contribution >= 0.6 is 0 Å². The van der Waals surface area contributed by atoms with Crippen LogP contribution in [-0.2, 0) is 6.61 Å². The highest BCUT2D eigenvalue weighted by Crippen LogP contribution is 2.28. The summed E-state index contributed by atoms with van der Waals surface area (Å²) < 4.78 is 7.67. The predicted molar refractivity (Wildman–Crippen MR) is 73.0 cm³/mol. The zero-order valence-corrected chi connectivity index (χ0v) is 11.2. The van der Waals surface area contributed by atoms with Gasteiger partial charge in [0.25, 0.3) is 0 Å². The molecule has 5 nitrogen and oxygen atoms in total.